The van der Waals surface area contributed by atoms with Crippen molar-refractivity contribution in [3.8, 4) is 0 Å². The van der Waals surface area contributed by atoms with Crippen molar-refractivity contribution in [3.63, 3.8) is 0 Å². The van der Waals surface area contributed by atoms with Crippen LogP contribution >= 0.6 is 11.3 Å². The Morgan fingerprint density at radius 1 is 1.23 bits per heavy atom. The van der Waals surface area contributed by atoms with Crippen molar-refractivity contribution in [3.05, 3.63) is 76.4 Å². The van der Waals surface area contributed by atoms with Crippen LogP contribution in [-0.2, 0) is 20.4 Å². The van der Waals surface area contributed by atoms with Crippen molar-refractivity contribution in [2.45, 2.75) is 25.3 Å². The van der Waals surface area contributed by atoms with Crippen molar-refractivity contribution in [1.29, 1.82) is 5.41 Å². The predicted octanol–water partition coefficient (Wildman–Crippen LogP) is 3.86. The molecule has 0 aliphatic carbocycles. The molecule has 14 heteroatoms. The molecule has 0 radical (unpaired) electrons. The number of rotatable bonds is 4. The lowest BCUT2D eigenvalue weighted by Gasteiger charge is -2.34. The summed E-state index contributed by atoms with van der Waals surface area (Å²) in [7, 11) is 0. The van der Waals surface area contributed by atoms with Gasteiger partial charge in [-0.15, -0.1) is 0 Å². The summed E-state index contributed by atoms with van der Waals surface area (Å²) in [5.41, 5.74) is 8.00. The minimum Gasteiger partial charge on any atom is -0.405 e. The average molecular weight is 572 g/mol. The number of aliphatic imine (C=N–C) groups is 2. The molecule has 2 unspecified atom stereocenters. The first-order valence-corrected chi connectivity index (χ1v) is 13.0. The number of alkyl halides is 3. The molecule has 3 heterocycles. The Bertz CT molecular complexity index is 1490. The van der Waals surface area contributed by atoms with Gasteiger partial charge >= 0.3 is 6.18 Å². The van der Waals surface area contributed by atoms with Gasteiger partial charge in [0, 0.05) is 17.7 Å². The van der Waals surface area contributed by atoms with Gasteiger partial charge in [-0.25, -0.2) is 9.98 Å². The standard InChI is InChI=1S/C26H24F3N7O3S/c1-14-13-38-12-11-36(14)23-19(34-24(40-23)26(27,28)29)20(30)39-25(31)35-21-22(37)32-17-10-6-5-9-16(17)18(33-21)15-7-3-2-4-8-15/h2-10,14,21,30H,11-13H2,1H3,(H2,31,35)(H,32,37). The zero-order valence-corrected chi connectivity index (χ0v) is 21.9. The second-order valence-electron chi connectivity index (χ2n) is 8.94. The largest absolute Gasteiger partial charge is 0.443 e. The number of amides is 1. The van der Waals surface area contributed by atoms with E-state index in [0.29, 0.717) is 48.1 Å². The summed E-state index contributed by atoms with van der Waals surface area (Å²) in [5, 5.41) is 10.1. The first-order valence-electron chi connectivity index (χ1n) is 12.2. The lowest BCUT2D eigenvalue weighted by Crippen LogP contribution is -2.44. The van der Waals surface area contributed by atoms with E-state index in [2.05, 4.69) is 20.3 Å². The van der Waals surface area contributed by atoms with Crippen molar-refractivity contribution in [2.75, 3.05) is 30.0 Å². The number of halogens is 3. The molecule has 1 fully saturated rings. The van der Waals surface area contributed by atoms with Gasteiger partial charge in [0.2, 0.25) is 17.1 Å². The Hall–Kier alpha value is -4.30. The highest BCUT2D eigenvalue weighted by molar-refractivity contribution is 7.16. The maximum Gasteiger partial charge on any atom is 0.443 e. The van der Waals surface area contributed by atoms with E-state index in [-0.39, 0.29) is 16.7 Å². The molecular weight excluding hydrogens is 547 g/mol. The number of fused-ring (bicyclic) bond motifs is 1. The van der Waals surface area contributed by atoms with Gasteiger partial charge in [0.1, 0.15) is 5.00 Å². The zero-order chi connectivity index (χ0) is 28.4. The number of thiazole rings is 1. The van der Waals surface area contributed by atoms with Crippen LogP contribution in [0.3, 0.4) is 0 Å². The number of carbonyl (C=O) groups excluding carboxylic acids is 1. The minimum atomic E-state index is -4.72. The molecule has 208 valence electrons. The van der Waals surface area contributed by atoms with Gasteiger partial charge in [-0.2, -0.15) is 18.2 Å². The number of nitrogens with zero attached hydrogens (tertiary/aromatic N) is 4. The fourth-order valence-corrected chi connectivity index (χ4v) is 5.32. The highest BCUT2D eigenvalue weighted by atomic mass is 32.1. The second kappa shape index (κ2) is 11.1. The van der Waals surface area contributed by atoms with E-state index >= 15 is 0 Å². The van der Waals surface area contributed by atoms with Crippen molar-refractivity contribution < 1.29 is 27.4 Å². The average Bonchev–Trinajstić information content (AvgIpc) is 3.33. The lowest BCUT2D eigenvalue weighted by atomic mass is 10.0. The molecule has 0 spiro atoms. The van der Waals surface area contributed by atoms with Crippen LogP contribution in [0.1, 0.15) is 28.8 Å². The van der Waals surface area contributed by atoms with Gasteiger partial charge in [0.05, 0.1) is 30.7 Å². The number of aromatic nitrogens is 1. The third-order valence-electron chi connectivity index (χ3n) is 6.12. The van der Waals surface area contributed by atoms with Gasteiger partial charge in [0.25, 0.3) is 11.9 Å². The fraction of sp³-hybridized carbons (Fsp3) is 0.269. The Balaban J connectivity index is 1.46. The maximum absolute atomic E-state index is 13.5. The molecule has 2 aliphatic rings. The van der Waals surface area contributed by atoms with E-state index in [0.717, 1.165) is 5.56 Å². The normalized spacial score (nSPS) is 19.8. The van der Waals surface area contributed by atoms with Crippen LogP contribution in [0.4, 0.5) is 23.9 Å². The summed E-state index contributed by atoms with van der Waals surface area (Å²) in [5.74, 6) is -1.35. The number of morpholine rings is 1. The number of hydrogen-bond acceptors (Lipinski definition) is 9. The van der Waals surface area contributed by atoms with Crippen LogP contribution in [0.25, 0.3) is 0 Å². The summed E-state index contributed by atoms with van der Waals surface area (Å²) >= 11 is 0.409. The zero-order valence-electron chi connectivity index (χ0n) is 21.1. The van der Waals surface area contributed by atoms with Gasteiger partial charge in [-0.3, -0.25) is 10.2 Å². The smallest absolute Gasteiger partial charge is 0.405 e. The summed E-state index contributed by atoms with van der Waals surface area (Å²) < 4.78 is 51.3. The number of para-hydroxylation sites is 1. The molecule has 10 nitrogen and oxygen atoms in total. The molecule has 1 aromatic heterocycles. The molecule has 0 saturated carbocycles. The number of benzodiazepines with no additional fused rings is 1. The number of benzene rings is 2. The first-order chi connectivity index (χ1) is 19.1. The Morgan fingerprint density at radius 3 is 2.67 bits per heavy atom. The molecule has 2 aromatic carbocycles. The van der Waals surface area contributed by atoms with Crippen LogP contribution in [-0.4, -0.2) is 60.5 Å². The monoisotopic (exact) mass is 571 g/mol. The molecule has 3 aromatic rings. The topological polar surface area (TPSA) is 138 Å². The molecule has 0 bridgehead atoms. The SMILES string of the molecule is CC1COCCN1c1sc(C(F)(F)F)nc1C(=N)O/C(N)=N/C1N=C(c2ccccc2)c2ccccc2NC1=O. The van der Waals surface area contributed by atoms with Gasteiger partial charge in [0.15, 0.2) is 5.69 Å². The Morgan fingerprint density at radius 2 is 1.95 bits per heavy atom. The van der Waals surface area contributed by atoms with Crippen LogP contribution in [0.5, 0.6) is 0 Å². The Kier molecular flexibility index (Phi) is 7.54. The third-order valence-corrected chi connectivity index (χ3v) is 7.26. The number of nitrogens with two attached hydrogens (primary N) is 1. The van der Waals surface area contributed by atoms with Gasteiger partial charge in [-0.1, -0.05) is 59.9 Å². The number of amidine groups is 1. The van der Waals surface area contributed by atoms with Crippen LogP contribution < -0.4 is 16.0 Å². The number of carbonyl (C=O) groups is 1. The molecule has 4 N–H and O–H groups in total. The third kappa shape index (κ3) is 5.67. The van der Waals surface area contributed by atoms with E-state index in [9.17, 15) is 18.0 Å². The van der Waals surface area contributed by atoms with E-state index in [1.807, 2.05) is 36.4 Å². The molecule has 40 heavy (non-hydrogen) atoms. The minimum absolute atomic E-state index is 0.105. The highest BCUT2D eigenvalue weighted by Crippen LogP contribution is 2.40. The molecule has 2 aliphatic heterocycles. The fourth-order valence-electron chi connectivity index (χ4n) is 4.26. The van der Waals surface area contributed by atoms with Crippen LogP contribution in [0.2, 0.25) is 0 Å². The van der Waals surface area contributed by atoms with E-state index < -0.39 is 35.2 Å². The van der Waals surface area contributed by atoms with E-state index in [4.69, 9.17) is 20.6 Å². The molecule has 2 atom stereocenters. The molecular formula is C26H24F3N7O3S. The number of hydrogen-bond donors (Lipinski definition) is 3. The molecule has 1 saturated heterocycles. The predicted molar refractivity (Wildman–Crippen MR) is 145 cm³/mol. The quantitative estimate of drug-likeness (QED) is 0.321. The summed E-state index contributed by atoms with van der Waals surface area (Å²) in [4.78, 5) is 26.9. The lowest BCUT2D eigenvalue weighted by molar-refractivity contribution is -0.137. The number of nitrogens with one attached hydrogen (secondary N) is 2. The van der Waals surface area contributed by atoms with Crippen molar-refractivity contribution in [2.24, 2.45) is 15.7 Å². The van der Waals surface area contributed by atoms with E-state index in [1.54, 1.807) is 30.0 Å². The Labute approximate surface area is 230 Å². The summed E-state index contributed by atoms with van der Waals surface area (Å²) in [6, 6.07) is 15.4. The molecule has 1 amide bonds. The highest BCUT2D eigenvalue weighted by Gasteiger charge is 2.39. The van der Waals surface area contributed by atoms with Gasteiger partial charge < -0.3 is 25.4 Å². The van der Waals surface area contributed by atoms with Crippen LogP contribution in [0, 0.1) is 5.41 Å². The number of anilines is 2. The van der Waals surface area contributed by atoms with E-state index in [1.165, 1.54) is 0 Å². The van der Waals surface area contributed by atoms with Crippen molar-refractivity contribution in [1.82, 2.24) is 4.98 Å². The van der Waals surface area contributed by atoms with Crippen molar-refractivity contribution >= 4 is 45.6 Å². The second-order valence-corrected chi connectivity index (χ2v) is 9.92. The van der Waals surface area contributed by atoms with Gasteiger partial charge in [-0.05, 0) is 13.0 Å². The molecule has 5 rings (SSSR count). The summed E-state index contributed by atoms with van der Waals surface area (Å²) in [6.45, 7) is 2.71. The number of ether oxygens (including phenoxy) is 2. The van der Waals surface area contributed by atoms with Crippen LogP contribution in [0.15, 0.2) is 64.6 Å². The summed E-state index contributed by atoms with van der Waals surface area (Å²) in [6.07, 6.45) is -6.11. The first kappa shape index (κ1) is 27.3. The maximum atomic E-state index is 13.5.